The summed E-state index contributed by atoms with van der Waals surface area (Å²) in [6, 6.07) is 6.66. The van der Waals surface area contributed by atoms with Crippen LogP contribution >= 0.6 is 0 Å². The molecule has 4 nitrogen and oxygen atoms in total. The van der Waals surface area contributed by atoms with E-state index in [9.17, 15) is 13.2 Å². The van der Waals surface area contributed by atoms with Gasteiger partial charge in [0.25, 0.3) is 0 Å². The number of ether oxygens (including phenoxy) is 2. The minimum atomic E-state index is -4.65. The minimum Gasteiger partial charge on any atom is -0.489 e. The van der Waals surface area contributed by atoms with Gasteiger partial charge in [-0.2, -0.15) is 0 Å². The van der Waals surface area contributed by atoms with Crippen LogP contribution < -0.4 is 10.5 Å². The molecule has 0 bridgehead atoms. The first-order chi connectivity index (χ1) is 8.97. The molecule has 1 aromatic carbocycles. The number of benzene rings is 1. The van der Waals surface area contributed by atoms with Gasteiger partial charge in [0, 0.05) is 17.3 Å². The van der Waals surface area contributed by atoms with E-state index >= 15 is 0 Å². The lowest BCUT2D eigenvalue weighted by Gasteiger charge is -2.11. The number of anilines is 1. The van der Waals surface area contributed by atoms with Crippen molar-refractivity contribution in [2.24, 2.45) is 0 Å². The molecule has 0 spiro atoms. The number of nitrogens with zero attached hydrogens (tertiary/aromatic N) is 1. The Balaban J connectivity index is 2.07. The summed E-state index contributed by atoms with van der Waals surface area (Å²) in [4.78, 5) is 4.10. The summed E-state index contributed by atoms with van der Waals surface area (Å²) in [5.41, 5.74) is 6.81. The van der Waals surface area contributed by atoms with Crippen molar-refractivity contribution < 1.29 is 22.6 Å². The molecule has 0 aliphatic heterocycles. The Bertz CT molecular complexity index is 572. The van der Waals surface area contributed by atoms with Crippen molar-refractivity contribution in [3.05, 3.63) is 30.5 Å². The van der Waals surface area contributed by atoms with Gasteiger partial charge in [-0.05, 0) is 24.3 Å². The number of aromatic nitrogens is 1. The molecule has 102 valence electrons. The predicted octanol–water partition coefficient (Wildman–Crippen LogP) is 2.73. The van der Waals surface area contributed by atoms with E-state index < -0.39 is 13.0 Å². The highest BCUT2D eigenvalue weighted by Gasteiger charge is 2.28. The summed E-state index contributed by atoms with van der Waals surface area (Å²) in [5, 5.41) is 0.691. The second kappa shape index (κ2) is 5.31. The van der Waals surface area contributed by atoms with Crippen LogP contribution in [0, 0.1) is 0 Å². The van der Waals surface area contributed by atoms with Crippen LogP contribution in [0.2, 0.25) is 0 Å². The van der Waals surface area contributed by atoms with Gasteiger partial charge in [0.15, 0.2) is 0 Å². The third kappa shape index (κ3) is 3.47. The monoisotopic (exact) mass is 272 g/mol. The van der Waals surface area contributed by atoms with Gasteiger partial charge in [-0.15, -0.1) is 13.2 Å². The van der Waals surface area contributed by atoms with E-state index in [0.717, 1.165) is 0 Å². The predicted molar refractivity (Wildman–Crippen MR) is 63.7 cm³/mol. The average molecular weight is 272 g/mol. The van der Waals surface area contributed by atoms with Crippen LogP contribution in [0.25, 0.3) is 10.9 Å². The molecule has 0 atom stereocenters. The van der Waals surface area contributed by atoms with E-state index in [2.05, 4.69) is 9.72 Å². The Kier molecular flexibility index (Phi) is 3.75. The third-order valence-electron chi connectivity index (χ3n) is 2.37. The Hall–Kier alpha value is -2.02. The quantitative estimate of drug-likeness (QED) is 0.686. The van der Waals surface area contributed by atoms with Gasteiger partial charge in [0.1, 0.15) is 17.9 Å². The van der Waals surface area contributed by atoms with Gasteiger partial charge in [-0.3, -0.25) is 9.72 Å². The molecular formula is C12H11F3N2O2. The Morgan fingerprint density at radius 3 is 2.68 bits per heavy atom. The molecule has 0 aliphatic carbocycles. The third-order valence-corrected chi connectivity index (χ3v) is 2.37. The molecule has 1 aromatic heterocycles. The average Bonchev–Trinajstić information content (AvgIpc) is 2.36. The fourth-order valence-corrected chi connectivity index (χ4v) is 1.59. The molecule has 1 heterocycles. The fourth-order valence-electron chi connectivity index (χ4n) is 1.59. The second-order valence-corrected chi connectivity index (χ2v) is 3.70. The highest BCUT2D eigenvalue weighted by atomic mass is 19.4. The smallest absolute Gasteiger partial charge is 0.489 e. The van der Waals surface area contributed by atoms with Crippen LogP contribution in [0.3, 0.4) is 0 Å². The lowest BCUT2D eigenvalue weighted by Crippen LogP contribution is -2.18. The maximum atomic E-state index is 11.8. The molecule has 0 amide bonds. The molecule has 7 heteroatoms. The van der Waals surface area contributed by atoms with Crippen molar-refractivity contribution in [3.8, 4) is 5.75 Å². The van der Waals surface area contributed by atoms with E-state index in [1.807, 2.05) is 0 Å². The van der Waals surface area contributed by atoms with Crippen molar-refractivity contribution in [2.45, 2.75) is 6.36 Å². The van der Waals surface area contributed by atoms with Gasteiger partial charge in [-0.25, -0.2) is 0 Å². The van der Waals surface area contributed by atoms with Crippen molar-refractivity contribution in [2.75, 3.05) is 18.9 Å². The lowest BCUT2D eigenvalue weighted by molar-refractivity contribution is -0.325. The van der Waals surface area contributed by atoms with Crippen LogP contribution in [-0.2, 0) is 4.74 Å². The Morgan fingerprint density at radius 2 is 1.95 bits per heavy atom. The number of nitrogen functional groups attached to an aromatic ring is 1. The zero-order valence-corrected chi connectivity index (χ0v) is 9.78. The first-order valence-electron chi connectivity index (χ1n) is 5.44. The number of pyridine rings is 1. The van der Waals surface area contributed by atoms with Gasteiger partial charge < -0.3 is 10.5 Å². The highest BCUT2D eigenvalue weighted by Crippen LogP contribution is 2.28. The summed E-state index contributed by atoms with van der Waals surface area (Å²) in [5.74, 6) is 0.371. The zero-order chi connectivity index (χ0) is 13.9. The molecule has 0 saturated carbocycles. The molecule has 0 radical (unpaired) electrons. The zero-order valence-electron chi connectivity index (χ0n) is 9.78. The van der Waals surface area contributed by atoms with Gasteiger partial charge in [0.05, 0.1) is 6.61 Å². The largest absolute Gasteiger partial charge is 0.522 e. The molecule has 2 rings (SSSR count). The maximum Gasteiger partial charge on any atom is 0.522 e. The first kappa shape index (κ1) is 13.4. The van der Waals surface area contributed by atoms with E-state index in [1.165, 1.54) is 0 Å². The Labute approximate surface area is 106 Å². The molecule has 0 fully saturated rings. The second-order valence-electron chi connectivity index (χ2n) is 3.70. The van der Waals surface area contributed by atoms with E-state index in [1.54, 1.807) is 30.5 Å². The summed E-state index contributed by atoms with van der Waals surface area (Å²) in [7, 11) is 0. The summed E-state index contributed by atoms with van der Waals surface area (Å²) in [6.07, 6.45) is -3.09. The molecule has 2 aromatic rings. The number of alkyl halides is 3. The molecule has 0 aliphatic rings. The number of nitrogens with two attached hydrogens (primary N) is 1. The van der Waals surface area contributed by atoms with E-state index in [-0.39, 0.29) is 6.61 Å². The fraction of sp³-hybridized carbons (Fsp3) is 0.250. The van der Waals surface area contributed by atoms with Crippen LogP contribution in [0.1, 0.15) is 0 Å². The SMILES string of the molecule is Nc1ccc(OCCOC(F)(F)F)c2ncccc12. The molecule has 0 saturated heterocycles. The van der Waals surface area contributed by atoms with Crippen molar-refractivity contribution in [3.63, 3.8) is 0 Å². The number of hydrogen-bond donors (Lipinski definition) is 1. The van der Waals surface area contributed by atoms with E-state index in [4.69, 9.17) is 10.5 Å². The molecular weight excluding hydrogens is 261 g/mol. The van der Waals surface area contributed by atoms with Crippen LogP contribution in [-0.4, -0.2) is 24.6 Å². The number of rotatable bonds is 4. The molecule has 0 unspecified atom stereocenters. The van der Waals surface area contributed by atoms with Crippen LogP contribution in [0.4, 0.5) is 18.9 Å². The minimum absolute atomic E-state index is 0.227. The maximum absolute atomic E-state index is 11.8. The van der Waals surface area contributed by atoms with Crippen molar-refractivity contribution in [1.29, 1.82) is 0 Å². The van der Waals surface area contributed by atoms with E-state index in [0.29, 0.717) is 22.3 Å². The normalized spacial score (nSPS) is 11.7. The molecule has 19 heavy (non-hydrogen) atoms. The Morgan fingerprint density at radius 1 is 1.16 bits per heavy atom. The molecule has 2 N–H and O–H groups in total. The lowest BCUT2D eigenvalue weighted by atomic mass is 10.2. The van der Waals surface area contributed by atoms with Crippen molar-refractivity contribution in [1.82, 2.24) is 4.98 Å². The first-order valence-corrected chi connectivity index (χ1v) is 5.44. The number of fused-ring (bicyclic) bond motifs is 1. The summed E-state index contributed by atoms with van der Waals surface area (Å²) in [6.45, 7) is -0.808. The van der Waals surface area contributed by atoms with Gasteiger partial charge in [-0.1, -0.05) is 0 Å². The van der Waals surface area contributed by atoms with Gasteiger partial charge >= 0.3 is 6.36 Å². The standard InChI is InChI=1S/C12H11F3N2O2/c13-12(14,15)19-7-6-18-10-4-3-9(16)8-2-1-5-17-11(8)10/h1-5H,6-7,16H2. The van der Waals surface area contributed by atoms with Crippen molar-refractivity contribution >= 4 is 16.6 Å². The van der Waals surface area contributed by atoms with Gasteiger partial charge in [0.2, 0.25) is 0 Å². The highest BCUT2D eigenvalue weighted by molar-refractivity contribution is 5.94. The topological polar surface area (TPSA) is 57.4 Å². The van der Waals surface area contributed by atoms with Crippen LogP contribution in [0.5, 0.6) is 5.75 Å². The summed E-state index contributed by atoms with van der Waals surface area (Å²) < 4.78 is 44.2. The summed E-state index contributed by atoms with van der Waals surface area (Å²) >= 11 is 0. The van der Waals surface area contributed by atoms with Crippen LogP contribution in [0.15, 0.2) is 30.5 Å². The number of hydrogen-bond acceptors (Lipinski definition) is 4. The number of halogens is 3.